The minimum Gasteiger partial charge on any atom is -0.294 e. The average molecular weight is 732 g/mol. The molecule has 0 amide bonds. The highest BCUT2D eigenvalue weighted by atomic mass is 32.1. The monoisotopic (exact) mass is 731 g/mol. The Hall–Kier alpha value is -7.14. The zero-order valence-corrected chi connectivity index (χ0v) is 31.1. The molecule has 3 heterocycles. The molecular weight excluding hydrogens is 699 g/mol. The van der Waals surface area contributed by atoms with E-state index in [4.69, 9.17) is 9.97 Å². The number of benzene rings is 8. The highest BCUT2D eigenvalue weighted by molar-refractivity contribution is 7.26. The SMILES string of the molecule is c1ccc(-c2nc(-c3cccc(-c4cccc(-c5cccc(-c6cccc7c6sc6ccccc67)c5)c4)c3)nc3c2c2ccccc2n3-c2ccccc2)cc1. The van der Waals surface area contributed by atoms with Crippen LogP contribution in [0.2, 0.25) is 0 Å². The number of hydrogen-bond acceptors (Lipinski definition) is 3. The maximum absolute atomic E-state index is 5.37. The van der Waals surface area contributed by atoms with Gasteiger partial charge in [-0.15, -0.1) is 11.3 Å². The number of hydrogen-bond donors (Lipinski definition) is 0. The fourth-order valence-electron chi connectivity index (χ4n) is 8.18. The zero-order valence-electron chi connectivity index (χ0n) is 30.3. The second-order valence-electron chi connectivity index (χ2n) is 14.2. The maximum Gasteiger partial charge on any atom is 0.162 e. The lowest BCUT2D eigenvalue weighted by Gasteiger charge is -2.12. The van der Waals surface area contributed by atoms with Crippen LogP contribution in [0.4, 0.5) is 0 Å². The van der Waals surface area contributed by atoms with Crippen molar-refractivity contribution in [2.45, 2.75) is 0 Å². The summed E-state index contributed by atoms with van der Waals surface area (Å²) < 4.78 is 4.92. The molecule has 0 radical (unpaired) electrons. The Bertz CT molecular complexity index is 3250. The Labute approximate surface area is 328 Å². The van der Waals surface area contributed by atoms with Gasteiger partial charge in [-0.2, -0.15) is 0 Å². The first kappa shape index (κ1) is 32.3. The third-order valence-corrected chi connectivity index (χ3v) is 12.0. The van der Waals surface area contributed by atoms with Gasteiger partial charge in [0.2, 0.25) is 0 Å². The number of aromatic nitrogens is 3. The molecule has 0 unspecified atom stereocenters. The molecule has 262 valence electrons. The topological polar surface area (TPSA) is 30.7 Å². The van der Waals surface area contributed by atoms with Crippen LogP contribution in [-0.2, 0) is 0 Å². The van der Waals surface area contributed by atoms with Crippen LogP contribution in [-0.4, -0.2) is 14.5 Å². The Morgan fingerprint density at radius 1 is 0.393 bits per heavy atom. The number of rotatable bonds is 6. The number of fused-ring (bicyclic) bond motifs is 6. The van der Waals surface area contributed by atoms with Crippen LogP contribution in [0.5, 0.6) is 0 Å². The molecule has 3 aromatic heterocycles. The zero-order chi connectivity index (χ0) is 37.0. The molecule has 0 bridgehead atoms. The molecule has 0 atom stereocenters. The highest BCUT2D eigenvalue weighted by Gasteiger charge is 2.21. The number of nitrogens with zero attached hydrogens (tertiary/aromatic N) is 3. The van der Waals surface area contributed by atoms with Crippen molar-refractivity contribution in [3.63, 3.8) is 0 Å². The molecule has 0 aliphatic rings. The third kappa shape index (κ3) is 5.42. The Morgan fingerprint density at radius 2 is 0.929 bits per heavy atom. The minimum atomic E-state index is 0.692. The van der Waals surface area contributed by atoms with Gasteiger partial charge in [0.25, 0.3) is 0 Å². The van der Waals surface area contributed by atoms with Gasteiger partial charge in [0, 0.05) is 42.4 Å². The van der Waals surface area contributed by atoms with Crippen LogP contribution in [0, 0.1) is 0 Å². The summed E-state index contributed by atoms with van der Waals surface area (Å²) in [6, 6.07) is 71.3. The summed E-state index contributed by atoms with van der Waals surface area (Å²) in [5, 5.41) is 4.82. The molecular formula is C52H33N3S. The van der Waals surface area contributed by atoms with Crippen molar-refractivity contribution in [2.24, 2.45) is 0 Å². The summed E-state index contributed by atoms with van der Waals surface area (Å²) in [5.41, 5.74) is 13.1. The molecule has 0 aliphatic carbocycles. The molecule has 3 nitrogen and oxygen atoms in total. The normalized spacial score (nSPS) is 11.6. The smallest absolute Gasteiger partial charge is 0.162 e. The van der Waals surface area contributed by atoms with E-state index < -0.39 is 0 Å². The average Bonchev–Trinajstić information content (AvgIpc) is 3.83. The van der Waals surface area contributed by atoms with E-state index in [-0.39, 0.29) is 0 Å². The minimum absolute atomic E-state index is 0.692. The summed E-state index contributed by atoms with van der Waals surface area (Å²) in [6.07, 6.45) is 0. The van der Waals surface area contributed by atoms with E-state index in [0.717, 1.165) is 55.6 Å². The quantitative estimate of drug-likeness (QED) is 0.170. The van der Waals surface area contributed by atoms with Crippen molar-refractivity contribution in [1.29, 1.82) is 0 Å². The second kappa shape index (κ2) is 13.3. The maximum atomic E-state index is 5.37. The molecule has 11 rings (SSSR count). The lowest BCUT2D eigenvalue weighted by atomic mass is 9.95. The number of thiophene rings is 1. The van der Waals surface area contributed by atoms with Gasteiger partial charge in [-0.05, 0) is 75.8 Å². The van der Waals surface area contributed by atoms with Crippen molar-refractivity contribution in [3.8, 4) is 61.7 Å². The van der Waals surface area contributed by atoms with Crippen molar-refractivity contribution >= 4 is 53.4 Å². The van der Waals surface area contributed by atoms with Crippen LogP contribution < -0.4 is 0 Å². The first-order chi connectivity index (χ1) is 27.8. The number of para-hydroxylation sites is 2. The fourth-order valence-corrected chi connectivity index (χ4v) is 9.42. The Kier molecular flexibility index (Phi) is 7.68. The first-order valence-corrected chi connectivity index (χ1v) is 19.7. The standard InChI is InChI=1S/C52H33N3S/c1-3-15-34(16-4-1)49-48-45-26-7-9-29-46(45)55(41-23-5-2-6-24-41)52(48)54-51(53-49)40-22-13-20-38(33-40)36-18-11-17-35(31-36)37-19-12-21-39(32-37)42-27-14-28-44-43-25-8-10-30-47(43)56-50(42)44/h1-33H. The predicted molar refractivity (Wildman–Crippen MR) is 236 cm³/mol. The summed E-state index contributed by atoms with van der Waals surface area (Å²) in [5.74, 6) is 0.692. The van der Waals surface area contributed by atoms with Crippen LogP contribution >= 0.6 is 11.3 Å². The third-order valence-electron chi connectivity index (χ3n) is 10.8. The summed E-state index contributed by atoms with van der Waals surface area (Å²) in [7, 11) is 0. The van der Waals surface area contributed by atoms with Gasteiger partial charge >= 0.3 is 0 Å². The van der Waals surface area contributed by atoms with E-state index in [2.05, 4.69) is 205 Å². The van der Waals surface area contributed by atoms with Gasteiger partial charge in [0.15, 0.2) is 5.82 Å². The van der Waals surface area contributed by atoms with E-state index in [0.29, 0.717) is 5.82 Å². The van der Waals surface area contributed by atoms with Crippen molar-refractivity contribution in [2.75, 3.05) is 0 Å². The van der Waals surface area contributed by atoms with Crippen LogP contribution in [0.25, 0.3) is 104 Å². The van der Waals surface area contributed by atoms with E-state index in [1.165, 1.54) is 42.4 Å². The van der Waals surface area contributed by atoms with Gasteiger partial charge in [-0.3, -0.25) is 4.57 Å². The van der Waals surface area contributed by atoms with E-state index in [1.807, 2.05) is 11.3 Å². The lowest BCUT2D eigenvalue weighted by molar-refractivity contribution is 1.11. The molecule has 8 aromatic carbocycles. The van der Waals surface area contributed by atoms with E-state index in [9.17, 15) is 0 Å². The molecule has 4 heteroatoms. The molecule has 0 fully saturated rings. The molecule has 11 aromatic rings. The first-order valence-electron chi connectivity index (χ1n) is 18.9. The lowest BCUT2D eigenvalue weighted by Crippen LogP contribution is -1.99. The van der Waals surface area contributed by atoms with E-state index >= 15 is 0 Å². The van der Waals surface area contributed by atoms with Gasteiger partial charge in [-0.1, -0.05) is 158 Å². The summed E-state index contributed by atoms with van der Waals surface area (Å²) >= 11 is 1.87. The molecule has 56 heavy (non-hydrogen) atoms. The van der Waals surface area contributed by atoms with Gasteiger partial charge in [-0.25, -0.2) is 9.97 Å². The molecule has 0 aliphatic heterocycles. The van der Waals surface area contributed by atoms with Gasteiger partial charge < -0.3 is 0 Å². The molecule has 0 saturated heterocycles. The van der Waals surface area contributed by atoms with Gasteiger partial charge in [0.05, 0.1) is 16.6 Å². The largest absolute Gasteiger partial charge is 0.294 e. The summed E-state index contributed by atoms with van der Waals surface area (Å²) in [4.78, 5) is 10.7. The molecule has 0 spiro atoms. The molecule has 0 saturated carbocycles. The van der Waals surface area contributed by atoms with Crippen LogP contribution in [0.3, 0.4) is 0 Å². The van der Waals surface area contributed by atoms with Crippen molar-refractivity contribution < 1.29 is 0 Å². The predicted octanol–water partition coefficient (Wildman–Crippen LogP) is 14.3. The Balaban J connectivity index is 1.02. The van der Waals surface area contributed by atoms with Crippen molar-refractivity contribution in [1.82, 2.24) is 14.5 Å². The highest BCUT2D eigenvalue weighted by Crippen LogP contribution is 2.42. The van der Waals surface area contributed by atoms with E-state index in [1.54, 1.807) is 0 Å². The Morgan fingerprint density at radius 3 is 1.68 bits per heavy atom. The second-order valence-corrected chi connectivity index (χ2v) is 15.2. The fraction of sp³-hybridized carbons (Fsp3) is 0. The summed E-state index contributed by atoms with van der Waals surface area (Å²) in [6.45, 7) is 0. The molecule has 0 N–H and O–H groups in total. The van der Waals surface area contributed by atoms with Gasteiger partial charge in [0.1, 0.15) is 5.65 Å². The van der Waals surface area contributed by atoms with Crippen molar-refractivity contribution in [3.05, 3.63) is 200 Å². The van der Waals surface area contributed by atoms with Crippen LogP contribution in [0.15, 0.2) is 200 Å². The van der Waals surface area contributed by atoms with Crippen LogP contribution in [0.1, 0.15) is 0 Å².